The number of rotatable bonds is 3. The van der Waals surface area contributed by atoms with Crippen LogP contribution in [-0.4, -0.2) is 24.8 Å². The smallest absolute Gasteiger partial charge is 0.238 e. The standard InChI is InChI=1S/C34H26N4S/c1-4-12-22(13-5-1)32-35-33(23-14-6-2-7-15-23)37-34(36-32)38-27-18-11-10-17-26(27)30-28(38)21-20-25-24-16-8-3-9-19-29(24)39-31(25)30/h1-2,4-7,9-15,17-21,24,29H,3,8,16H2. The van der Waals surface area contributed by atoms with E-state index in [1.54, 1.807) is 0 Å². The van der Waals surface area contributed by atoms with Gasteiger partial charge in [-0.15, -0.1) is 11.8 Å². The van der Waals surface area contributed by atoms with Crippen molar-refractivity contribution in [3.8, 4) is 28.7 Å². The number of hydrogen-bond donors (Lipinski definition) is 0. The van der Waals surface area contributed by atoms with Crippen molar-refractivity contribution in [3.05, 3.63) is 115 Å². The molecule has 6 aromatic rings. The summed E-state index contributed by atoms with van der Waals surface area (Å²) in [6, 6.07) is 33.7. The molecule has 2 aromatic heterocycles. The number of benzene rings is 4. The second-order valence-corrected chi connectivity index (χ2v) is 11.5. The highest BCUT2D eigenvalue weighted by atomic mass is 32.2. The first-order valence-corrected chi connectivity index (χ1v) is 14.5. The van der Waals surface area contributed by atoms with E-state index in [4.69, 9.17) is 15.0 Å². The Kier molecular flexibility index (Phi) is 5.37. The van der Waals surface area contributed by atoms with Gasteiger partial charge in [-0.05, 0) is 37.0 Å². The van der Waals surface area contributed by atoms with Gasteiger partial charge in [0, 0.05) is 38.0 Å². The zero-order chi connectivity index (χ0) is 25.8. The summed E-state index contributed by atoms with van der Waals surface area (Å²) < 4.78 is 2.23. The zero-order valence-corrected chi connectivity index (χ0v) is 22.2. The van der Waals surface area contributed by atoms with Crippen LogP contribution in [0.1, 0.15) is 30.7 Å². The van der Waals surface area contributed by atoms with Gasteiger partial charge in [0.25, 0.3) is 0 Å². The van der Waals surface area contributed by atoms with Crippen LogP contribution in [-0.2, 0) is 0 Å². The molecule has 1 aliphatic carbocycles. The second-order valence-electron chi connectivity index (χ2n) is 10.3. The molecule has 188 valence electrons. The number of thioether (sulfide) groups is 1. The van der Waals surface area contributed by atoms with Crippen LogP contribution in [0, 0.1) is 0 Å². The van der Waals surface area contributed by atoms with E-state index >= 15 is 0 Å². The summed E-state index contributed by atoms with van der Waals surface area (Å²) in [6.07, 6.45) is 8.52. The molecule has 0 radical (unpaired) electrons. The van der Waals surface area contributed by atoms with E-state index in [-0.39, 0.29) is 0 Å². The Balaban J connectivity index is 1.41. The van der Waals surface area contributed by atoms with E-state index in [1.807, 2.05) is 48.2 Å². The molecular weight excluding hydrogens is 496 g/mol. The summed E-state index contributed by atoms with van der Waals surface area (Å²) in [6.45, 7) is 0. The van der Waals surface area contributed by atoms with E-state index in [2.05, 4.69) is 77.4 Å². The lowest BCUT2D eigenvalue weighted by Gasteiger charge is -2.14. The Bertz CT molecular complexity index is 1820. The van der Waals surface area contributed by atoms with Gasteiger partial charge in [-0.2, -0.15) is 9.97 Å². The highest BCUT2D eigenvalue weighted by Gasteiger charge is 2.34. The fourth-order valence-corrected chi connectivity index (χ4v) is 7.75. The first-order valence-electron chi connectivity index (χ1n) is 13.6. The average Bonchev–Trinajstić information content (AvgIpc) is 3.43. The Hall–Kier alpha value is -4.22. The first-order chi connectivity index (χ1) is 19.3. The van der Waals surface area contributed by atoms with Gasteiger partial charge >= 0.3 is 0 Å². The molecule has 4 aromatic carbocycles. The topological polar surface area (TPSA) is 43.6 Å². The lowest BCUT2D eigenvalue weighted by atomic mass is 9.91. The Labute approximate surface area is 231 Å². The van der Waals surface area contributed by atoms with Gasteiger partial charge in [0.1, 0.15) is 0 Å². The summed E-state index contributed by atoms with van der Waals surface area (Å²) in [5, 5.41) is 3.08. The molecule has 5 heteroatoms. The van der Waals surface area contributed by atoms with Gasteiger partial charge in [-0.3, -0.25) is 4.57 Å². The predicted octanol–water partition coefficient (Wildman–Crippen LogP) is 8.60. The maximum absolute atomic E-state index is 5.07. The van der Waals surface area contributed by atoms with Crippen molar-refractivity contribution in [2.45, 2.75) is 35.3 Å². The third-order valence-electron chi connectivity index (χ3n) is 7.97. The molecule has 2 unspecified atom stereocenters. The molecule has 0 amide bonds. The van der Waals surface area contributed by atoms with Crippen molar-refractivity contribution in [3.63, 3.8) is 0 Å². The Morgan fingerprint density at radius 3 is 2.13 bits per heavy atom. The van der Waals surface area contributed by atoms with E-state index in [0.717, 1.165) is 22.2 Å². The molecular formula is C34H26N4S. The predicted molar refractivity (Wildman–Crippen MR) is 160 cm³/mol. The number of aromatic nitrogens is 4. The lowest BCUT2D eigenvalue weighted by Crippen LogP contribution is -2.07. The Morgan fingerprint density at radius 1 is 0.692 bits per heavy atom. The molecule has 0 bridgehead atoms. The molecule has 0 N–H and O–H groups in total. The van der Waals surface area contributed by atoms with Crippen LogP contribution in [0.2, 0.25) is 0 Å². The van der Waals surface area contributed by atoms with Crippen molar-refractivity contribution in [1.29, 1.82) is 0 Å². The molecule has 2 aliphatic rings. The highest BCUT2D eigenvalue weighted by molar-refractivity contribution is 8.00. The molecule has 0 saturated heterocycles. The summed E-state index contributed by atoms with van der Waals surface area (Å²) in [4.78, 5) is 16.5. The molecule has 0 spiro atoms. The maximum atomic E-state index is 5.07. The van der Waals surface area contributed by atoms with Crippen LogP contribution < -0.4 is 0 Å². The van der Waals surface area contributed by atoms with Crippen LogP contribution in [0.3, 0.4) is 0 Å². The maximum Gasteiger partial charge on any atom is 0.238 e. The molecule has 0 saturated carbocycles. The van der Waals surface area contributed by atoms with Crippen LogP contribution in [0.15, 0.2) is 114 Å². The molecule has 1 aliphatic heterocycles. The summed E-state index contributed by atoms with van der Waals surface area (Å²) in [7, 11) is 0. The fraction of sp³-hybridized carbons (Fsp3) is 0.147. The van der Waals surface area contributed by atoms with Gasteiger partial charge < -0.3 is 0 Å². The number of hydrogen-bond acceptors (Lipinski definition) is 4. The summed E-state index contributed by atoms with van der Waals surface area (Å²) >= 11 is 2.03. The van der Waals surface area contributed by atoms with Crippen LogP contribution >= 0.6 is 11.8 Å². The monoisotopic (exact) mass is 522 g/mol. The van der Waals surface area contributed by atoms with E-state index in [0.29, 0.717) is 28.8 Å². The zero-order valence-electron chi connectivity index (χ0n) is 21.4. The van der Waals surface area contributed by atoms with Crippen molar-refractivity contribution in [1.82, 2.24) is 19.5 Å². The van der Waals surface area contributed by atoms with Crippen LogP contribution in [0.4, 0.5) is 0 Å². The van der Waals surface area contributed by atoms with Crippen molar-refractivity contribution in [2.75, 3.05) is 0 Å². The largest absolute Gasteiger partial charge is 0.278 e. The molecule has 8 rings (SSSR count). The lowest BCUT2D eigenvalue weighted by molar-refractivity contribution is 0.631. The number of para-hydroxylation sites is 1. The third-order valence-corrected chi connectivity index (χ3v) is 9.40. The van der Waals surface area contributed by atoms with Crippen molar-refractivity contribution >= 4 is 33.6 Å². The molecule has 39 heavy (non-hydrogen) atoms. The minimum absolute atomic E-state index is 0.516. The molecule has 4 nitrogen and oxygen atoms in total. The van der Waals surface area contributed by atoms with Gasteiger partial charge in [-0.1, -0.05) is 97.1 Å². The summed E-state index contributed by atoms with van der Waals surface area (Å²) in [5.41, 5.74) is 5.71. The number of nitrogens with zero attached hydrogens (tertiary/aromatic N) is 4. The SMILES string of the molecule is C1=CC2Sc3c(ccc4c3c3ccccc3n4-c3nc(-c4ccccc4)nc(-c4ccccc4)n3)C2CCC1. The highest BCUT2D eigenvalue weighted by Crippen LogP contribution is 2.53. The normalized spacial score (nSPS) is 18.3. The Morgan fingerprint density at radius 2 is 1.38 bits per heavy atom. The van der Waals surface area contributed by atoms with E-state index in [1.165, 1.54) is 40.5 Å². The van der Waals surface area contributed by atoms with E-state index in [9.17, 15) is 0 Å². The molecule has 2 atom stereocenters. The minimum Gasteiger partial charge on any atom is -0.278 e. The van der Waals surface area contributed by atoms with Crippen molar-refractivity contribution < 1.29 is 0 Å². The third kappa shape index (κ3) is 3.72. The van der Waals surface area contributed by atoms with Crippen LogP contribution in [0.25, 0.3) is 50.5 Å². The molecule has 3 heterocycles. The quantitative estimate of drug-likeness (QED) is 0.218. The first kappa shape index (κ1) is 22.7. The van der Waals surface area contributed by atoms with Crippen molar-refractivity contribution in [2.24, 2.45) is 0 Å². The van der Waals surface area contributed by atoms with E-state index < -0.39 is 0 Å². The van der Waals surface area contributed by atoms with Gasteiger partial charge in [0.05, 0.1) is 11.0 Å². The van der Waals surface area contributed by atoms with Gasteiger partial charge in [0.15, 0.2) is 11.6 Å². The number of fused-ring (bicyclic) bond motifs is 7. The fourth-order valence-electron chi connectivity index (χ4n) is 6.15. The summed E-state index contributed by atoms with van der Waals surface area (Å²) in [5.74, 6) is 2.58. The second kappa shape index (κ2) is 9.21. The minimum atomic E-state index is 0.516. The van der Waals surface area contributed by atoms with Crippen LogP contribution in [0.5, 0.6) is 0 Å². The van der Waals surface area contributed by atoms with Gasteiger partial charge in [0.2, 0.25) is 5.95 Å². The molecule has 0 fully saturated rings. The van der Waals surface area contributed by atoms with Gasteiger partial charge in [-0.25, -0.2) is 4.98 Å². The number of allylic oxidation sites excluding steroid dienone is 1. The average molecular weight is 523 g/mol.